The van der Waals surface area contributed by atoms with Crippen LogP contribution in [0.2, 0.25) is 0 Å². The number of carbonyl (C=O) groups is 2. The first-order chi connectivity index (χ1) is 20.8. The fourth-order valence-electron chi connectivity index (χ4n) is 5.36. The van der Waals surface area contributed by atoms with Crippen LogP contribution in [0.4, 0.5) is 17.6 Å². The molecule has 1 atom stereocenters. The molecule has 1 amide bonds. The van der Waals surface area contributed by atoms with E-state index in [-0.39, 0.29) is 46.9 Å². The minimum absolute atomic E-state index is 0.0337. The van der Waals surface area contributed by atoms with Crippen molar-refractivity contribution in [1.82, 2.24) is 8.96 Å². The smallest absolute Gasteiger partial charge is 0.251 e. The number of pyridine rings is 1. The first-order valence-corrected chi connectivity index (χ1v) is 15.2. The normalized spacial score (nSPS) is 12.4. The number of rotatable bonds is 10. The van der Waals surface area contributed by atoms with Crippen molar-refractivity contribution in [3.63, 3.8) is 0 Å². The number of hydrogen-bond donors (Lipinski definition) is 1. The quantitative estimate of drug-likeness (QED) is 0.201. The maximum Gasteiger partial charge on any atom is 0.251 e. The van der Waals surface area contributed by atoms with Gasteiger partial charge in [-0.25, -0.2) is 30.0 Å². The van der Waals surface area contributed by atoms with Gasteiger partial charge in [0, 0.05) is 48.2 Å². The van der Waals surface area contributed by atoms with Gasteiger partial charge >= 0.3 is 0 Å². The molecule has 0 aliphatic rings. The van der Waals surface area contributed by atoms with Gasteiger partial charge in [-0.1, -0.05) is 12.1 Å². The molecule has 7 nitrogen and oxygen atoms in total. The van der Waals surface area contributed by atoms with E-state index in [2.05, 4.69) is 4.98 Å². The van der Waals surface area contributed by atoms with E-state index in [0.29, 0.717) is 16.8 Å². The van der Waals surface area contributed by atoms with E-state index < -0.39 is 50.9 Å². The topological polar surface area (TPSA) is 112 Å². The summed E-state index contributed by atoms with van der Waals surface area (Å²) in [6, 6.07) is 13.5. The molecule has 0 fully saturated rings. The van der Waals surface area contributed by atoms with Crippen molar-refractivity contribution in [2.75, 3.05) is 6.26 Å². The number of primary amides is 1. The zero-order valence-electron chi connectivity index (χ0n) is 23.2. The molecule has 5 rings (SSSR count). The lowest BCUT2D eigenvalue weighted by atomic mass is 9.85. The van der Waals surface area contributed by atoms with Crippen LogP contribution in [0.3, 0.4) is 0 Å². The molecule has 0 bridgehead atoms. The highest BCUT2D eigenvalue weighted by Gasteiger charge is 2.25. The maximum absolute atomic E-state index is 14.3. The van der Waals surface area contributed by atoms with Gasteiger partial charge in [0.05, 0.1) is 23.0 Å². The van der Waals surface area contributed by atoms with Crippen molar-refractivity contribution >= 4 is 32.6 Å². The summed E-state index contributed by atoms with van der Waals surface area (Å²) in [5, 5.41) is 0.247. The van der Waals surface area contributed by atoms with Gasteiger partial charge in [0.1, 0.15) is 29.1 Å². The lowest BCUT2D eigenvalue weighted by molar-refractivity contribution is -0.118. The summed E-state index contributed by atoms with van der Waals surface area (Å²) in [4.78, 5) is 29.9. The average molecular weight is 624 g/mol. The fourth-order valence-corrected chi connectivity index (χ4v) is 6.20. The van der Waals surface area contributed by atoms with Gasteiger partial charge in [-0.05, 0) is 71.6 Å². The number of nitrogens with two attached hydrogens (primary N) is 1. The van der Waals surface area contributed by atoms with Crippen LogP contribution in [0.1, 0.15) is 39.5 Å². The SMILES string of the molecule is CS(=O)(=O)n1cc(CC(=O)C[C@@H](Cc2cc(F)cc(F)c2)c2ncccc2-c2ccc(F)c(C(N)=O)c2)c2cc(F)ccc21. The summed E-state index contributed by atoms with van der Waals surface area (Å²) in [6.07, 6.45) is 3.19. The van der Waals surface area contributed by atoms with Crippen molar-refractivity contribution in [2.24, 2.45) is 5.73 Å². The predicted molar refractivity (Wildman–Crippen MR) is 156 cm³/mol. The molecule has 2 N–H and O–H groups in total. The zero-order valence-corrected chi connectivity index (χ0v) is 24.0. The third-order valence-electron chi connectivity index (χ3n) is 7.21. The number of ketones is 1. The Morgan fingerprint density at radius 3 is 2.34 bits per heavy atom. The molecular formula is C32H25F4N3O4S. The van der Waals surface area contributed by atoms with Crippen LogP contribution in [0.25, 0.3) is 22.0 Å². The van der Waals surface area contributed by atoms with E-state index in [1.165, 1.54) is 30.6 Å². The molecule has 0 radical (unpaired) electrons. The van der Waals surface area contributed by atoms with Gasteiger partial charge in [0.15, 0.2) is 0 Å². The molecule has 0 saturated carbocycles. The summed E-state index contributed by atoms with van der Waals surface area (Å²) < 4.78 is 82.4. The molecular weight excluding hydrogens is 598 g/mol. The first-order valence-electron chi connectivity index (χ1n) is 13.3. The van der Waals surface area contributed by atoms with Crippen LogP contribution >= 0.6 is 0 Å². The third kappa shape index (κ3) is 6.55. The molecule has 2 heterocycles. The van der Waals surface area contributed by atoms with Crippen molar-refractivity contribution in [3.8, 4) is 11.1 Å². The Hall–Kier alpha value is -4.84. The number of benzene rings is 3. The Morgan fingerprint density at radius 2 is 1.66 bits per heavy atom. The number of fused-ring (bicyclic) bond motifs is 1. The molecule has 44 heavy (non-hydrogen) atoms. The van der Waals surface area contributed by atoms with E-state index in [0.717, 1.165) is 46.6 Å². The summed E-state index contributed by atoms with van der Waals surface area (Å²) in [5.74, 6) is -5.21. The monoisotopic (exact) mass is 623 g/mol. The highest BCUT2D eigenvalue weighted by atomic mass is 32.2. The van der Waals surface area contributed by atoms with Crippen LogP contribution in [-0.4, -0.2) is 35.3 Å². The molecule has 0 unspecified atom stereocenters. The van der Waals surface area contributed by atoms with Crippen LogP contribution in [0.15, 0.2) is 79.1 Å². The van der Waals surface area contributed by atoms with Crippen LogP contribution in [-0.2, 0) is 27.7 Å². The number of nitrogens with zero attached hydrogens (tertiary/aromatic N) is 2. The van der Waals surface area contributed by atoms with E-state index in [4.69, 9.17) is 5.73 Å². The minimum Gasteiger partial charge on any atom is -0.366 e. The van der Waals surface area contributed by atoms with Gasteiger partial charge in [0.2, 0.25) is 10.0 Å². The standard InChI is InChI=1S/C32H25F4N3O4S/c1-44(42,43)39-17-21(27-16-22(33)5-7-30(27)39)13-25(40)12-20(9-18-10-23(34)15-24(35)11-18)31-26(3-2-8-38-31)19-4-6-29(36)28(14-19)32(37)41/h2-8,10-11,14-17,20H,9,12-13H2,1H3,(H2,37,41)/t20-/m1/s1. The summed E-state index contributed by atoms with van der Waals surface area (Å²) >= 11 is 0. The number of hydrogen-bond acceptors (Lipinski definition) is 5. The van der Waals surface area contributed by atoms with Crippen LogP contribution in [0.5, 0.6) is 0 Å². The predicted octanol–water partition coefficient (Wildman–Crippen LogP) is 5.69. The fraction of sp³-hybridized carbons (Fsp3) is 0.156. The van der Waals surface area contributed by atoms with E-state index in [1.54, 1.807) is 12.1 Å². The summed E-state index contributed by atoms with van der Waals surface area (Å²) in [7, 11) is -3.78. The Labute approximate surface area is 250 Å². The van der Waals surface area contributed by atoms with Gasteiger partial charge < -0.3 is 5.73 Å². The molecule has 0 saturated heterocycles. The van der Waals surface area contributed by atoms with Gasteiger partial charge in [-0.15, -0.1) is 0 Å². The number of aromatic nitrogens is 2. The first kappa shape index (κ1) is 30.6. The van der Waals surface area contributed by atoms with Crippen molar-refractivity contribution in [1.29, 1.82) is 0 Å². The molecule has 5 aromatic rings. The van der Waals surface area contributed by atoms with Crippen LogP contribution in [0, 0.1) is 23.3 Å². The molecule has 12 heteroatoms. The third-order valence-corrected chi connectivity index (χ3v) is 8.22. The van der Waals surface area contributed by atoms with Crippen LogP contribution < -0.4 is 5.73 Å². The molecule has 226 valence electrons. The van der Waals surface area contributed by atoms with E-state index >= 15 is 0 Å². The number of amides is 1. The Morgan fingerprint density at radius 1 is 0.932 bits per heavy atom. The van der Waals surface area contributed by atoms with Crippen molar-refractivity contribution in [2.45, 2.75) is 25.2 Å². The second-order valence-corrected chi connectivity index (χ2v) is 12.3. The second kappa shape index (κ2) is 12.0. The largest absolute Gasteiger partial charge is 0.366 e. The highest BCUT2D eigenvalue weighted by Crippen LogP contribution is 2.34. The molecule has 0 aliphatic heterocycles. The lowest BCUT2D eigenvalue weighted by Gasteiger charge is -2.20. The Balaban J connectivity index is 1.56. The van der Waals surface area contributed by atoms with E-state index in [9.17, 15) is 35.6 Å². The lowest BCUT2D eigenvalue weighted by Crippen LogP contribution is -2.15. The summed E-state index contributed by atoms with van der Waals surface area (Å²) in [5.41, 5.74) is 6.83. The molecule has 0 spiro atoms. The zero-order chi connectivity index (χ0) is 31.8. The highest BCUT2D eigenvalue weighted by molar-refractivity contribution is 7.89. The Bertz CT molecular complexity index is 2020. The molecule has 0 aliphatic carbocycles. The Kier molecular flexibility index (Phi) is 8.38. The van der Waals surface area contributed by atoms with Gasteiger partial charge in [-0.3, -0.25) is 14.6 Å². The molecule has 3 aromatic carbocycles. The average Bonchev–Trinajstić information content (AvgIpc) is 3.30. The van der Waals surface area contributed by atoms with Crippen molar-refractivity contribution in [3.05, 3.63) is 125 Å². The minimum atomic E-state index is -3.78. The second-order valence-electron chi connectivity index (χ2n) is 10.5. The van der Waals surface area contributed by atoms with E-state index in [1.807, 2.05) is 0 Å². The number of Topliss-reactive ketones (excluding diaryl/α,β-unsaturated/α-hetero) is 1. The summed E-state index contributed by atoms with van der Waals surface area (Å²) in [6.45, 7) is 0. The number of carbonyl (C=O) groups excluding carboxylic acids is 2. The maximum atomic E-state index is 14.3. The van der Waals surface area contributed by atoms with Crippen molar-refractivity contribution < 1.29 is 35.6 Å². The molecule has 2 aromatic heterocycles. The van der Waals surface area contributed by atoms with Gasteiger partial charge in [-0.2, -0.15) is 0 Å². The van der Waals surface area contributed by atoms with Gasteiger partial charge in [0.25, 0.3) is 5.91 Å². The number of halogens is 4.